The normalized spacial score (nSPS) is 25.3. The molecule has 2 heterocycles. The van der Waals surface area contributed by atoms with Gasteiger partial charge in [-0.1, -0.05) is 37.3 Å². The second-order valence-electron chi connectivity index (χ2n) is 6.91. The molecule has 3 rings (SSSR count). The molecule has 1 unspecified atom stereocenters. The summed E-state index contributed by atoms with van der Waals surface area (Å²) in [5.41, 5.74) is 1.04. The summed E-state index contributed by atoms with van der Waals surface area (Å²) in [6.07, 6.45) is 2.24. The van der Waals surface area contributed by atoms with Gasteiger partial charge in [0.15, 0.2) is 0 Å². The zero-order chi connectivity index (χ0) is 16.3. The minimum absolute atomic E-state index is 0.0388. The Hall–Kier alpha value is -2.04. The summed E-state index contributed by atoms with van der Waals surface area (Å²) in [6, 6.07) is 9.72. The number of hydrogen-bond donors (Lipinski definition) is 1. The van der Waals surface area contributed by atoms with Crippen LogP contribution in [-0.4, -0.2) is 36.5 Å². The molecule has 2 fully saturated rings. The summed E-state index contributed by atoms with van der Waals surface area (Å²) >= 11 is 0. The van der Waals surface area contributed by atoms with E-state index >= 15 is 0 Å². The Morgan fingerprint density at radius 3 is 2.61 bits per heavy atom. The number of nitrogens with zero attached hydrogens (tertiary/aromatic N) is 1. The minimum Gasteiger partial charge on any atom is -0.445 e. The largest absolute Gasteiger partial charge is 0.445 e. The molecule has 1 N–H and O–H groups in total. The van der Waals surface area contributed by atoms with Gasteiger partial charge in [0.25, 0.3) is 0 Å². The molecule has 0 spiro atoms. The summed E-state index contributed by atoms with van der Waals surface area (Å²) < 4.78 is 5.39. The number of benzene rings is 1. The topological polar surface area (TPSA) is 58.6 Å². The molecule has 0 aliphatic carbocycles. The highest BCUT2D eigenvalue weighted by molar-refractivity contribution is 5.79. The van der Waals surface area contributed by atoms with Crippen molar-refractivity contribution in [2.75, 3.05) is 19.6 Å². The maximum Gasteiger partial charge on any atom is 0.410 e. The lowest BCUT2D eigenvalue weighted by Crippen LogP contribution is -2.43. The van der Waals surface area contributed by atoms with Crippen LogP contribution in [-0.2, 0) is 16.1 Å². The number of hydrogen-bond acceptors (Lipinski definition) is 3. The van der Waals surface area contributed by atoms with E-state index in [0.717, 1.165) is 24.9 Å². The number of carbonyl (C=O) groups is 2. The minimum atomic E-state index is -0.238. The number of amides is 2. The standard InChI is InChI=1S/C18H24N2O3/c1-18(11-16(21)19-13-18)15-7-9-20(10-8-15)17(22)23-12-14-5-3-2-4-6-14/h2-6,15H,7-13H2,1H3,(H,19,21). The molecule has 5 nitrogen and oxygen atoms in total. The number of likely N-dealkylation sites (tertiary alicyclic amines) is 1. The monoisotopic (exact) mass is 316 g/mol. The third kappa shape index (κ3) is 3.66. The molecule has 1 aromatic rings. The maximum absolute atomic E-state index is 12.2. The van der Waals surface area contributed by atoms with E-state index in [1.165, 1.54) is 0 Å². The molecule has 0 radical (unpaired) electrons. The second kappa shape index (κ2) is 6.60. The lowest BCUT2D eigenvalue weighted by molar-refractivity contribution is -0.119. The molecular formula is C18H24N2O3. The fourth-order valence-electron chi connectivity index (χ4n) is 3.65. The number of ether oxygens (including phenoxy) is 1. The van der Waals surface area contributed by atoms with Crippen molar-refractivity contribution in [3.63, 3.8) is 0 Å². The van der Waals surface area contributed by atoms with E-state index in [2.05, 4.69) is 12.2 Å². The van der Waals surface area contributed by atoms with E-state index in [1.807, 2.05) is 30.3 Å². The first-order valence-corrected chi connectivity index (χ1v) is 8.29. The molecule has 2 aliphatic heterocycles. The lowest BCUT2D eigenvalue weighted by Gasteiger charge is -2.39. The van der Waals surface area contributed by atoms with Crippen molar-refractivity contribution in [3.05, 3.63) is 35.9 Å². The van der Waals surface area contributed by atoms with Crippen LogP contribution < -0.4 is 5.32 Å². The van der Waals surface area contributed by atoms with Gasteiger partial charge in [-0.3, -0.25) is 4.79 Å². The number of rotatable bonds is 3. The Labute approximate surface area is 137 Å². The predicted molar refractivity (Wildman–Crippen MR) is 86.7 cm³/mol. The number of piperidine rings is 1. The maximum atomic E-state index is 12.2. The summed E-state index contributed by atoms with van der Waals surface area (Å²) in [6.45, 7) is 4.67. The van der Waals surface area contributed by atoms with E-state index in [1.54, 1.807) is 4.90 Å². The second-order valence-corrected chi connectivity index (χ2v) is 6.91. The fourth-order valence-corrected chi connectivity index (χ4v) is 3.65. The molecule has 1 aromatic carbocycles. The van der Waals surface area contributed by atoms with E-state index in [9.17, 15) is 9.59 Å². The van der Waals surface area contributed by atoms with Crippen LogP contribution in [0.3, 0.4) is 0 Å². The van der Waals surface area contributed by atoms with Crippen LogP contribution >= 0.6 is 0 Å². The van der Waals surface area contributed by atoms with E-state index in [4.69, 9.17) is 4.74 Å². The van der Waals surface area contributed by atoms with E-state index in [0.29, 0.717) is 32.0 Å². The van der Waals surface area contributed by atoms with Crippen LogP contribution in [0.1, 0.15) is 31.7 Å². The third-order valence-corrected chi connectivity index (χ3v) is 5.20. The van der Waals surface area contributed by atoms with Gasteiger partial charge >= 0.3 is 6.09 Å². The van der Waals surface area contributed by atoms with Gasteiger partial charge in [0.2, 0.25) is 5.91 Å². The van der Waals surface area contributed by atoms with Crippen molar-refractivity contribution in [2.24, 2.45) is 11.3 Å². The Bertz CT molecular complexity index is 567. The van der Waals surface area contributed by atoms with Gasteiger partial charge in [-0.15, -0.1) is 0 Å². The smallest absolute Gasteiger partial charge is 0.410 e. The van der Waals surface area contributed by atoms with Crippen LogP contribution in [0.2, 0.25) is 0 Å². The van der Waals surface area contributed by atoms with Gasteiger partial charge in [0, 0.05) is 26.1 Å². The molecule has 2 saturated heterocycles. The van der Waals surface area contributed by atoms with E-state index < -0.39 is 0 Å². The molecule has 0 aromatic heterocycles. The third-order valence-electron chi connectivity index (χ3n) is 5.20. The highest BCUT2D eigenvalue weighted by Crippen LogP contribution is 2.40. The highest BCUT2D eigenvalue weighted by atomic mass is 16.6. The van der Waals surface area contributed by atoms with Crippen LogP contribution in [0, 0.1) is 11.3 Å². The molecular weight excluding hydrogens is 292 g/mol. The SMILES string of the molecule is CC1(C2CCN(C(=O)OCc3ccccc3)CC2)CNC(=O)C1. The quantitative estimate of drug-likeness (QED) is 0.932. The van der Waals surface area contributed by atoms with Crippen molar-refractivity contribution >= 4 is 12.0 Å². The Balaban J connectivity index is 1.47. The molecule has 23 heavy (non-hydrogen) atoms. The average Bonchev–Trinajstić information content (AvgIpc) is 2.94. The first-order chi connectivity index (χ1) is 11.1. The first-order valence-electron chi connectivity index (χ1n) is 8.29. The molecule has 0 saturated carbocycles. The first kappa shape index (κ1) is 15.8. The number of carbonyl (C=O) groups excluding carboxylic acids is 2. The van der Waals surface area contributed by atoms with Crippen molar-refractivity contribution in [1.29, 1.82) is 0 Å². The molecule has 124 valence electrons. The van der Waals surface area contributed by atoms with Gasteiger partial charge < -0.3 is 15.0 Å². The van der Waals surface area contributed by atoms with Gasteiger partial charge in [-0.25, -0.2) is 4.79 Å². The van der Waals surface area contributed by atoms with Gasteiger partial charge in [0.05, 0.1) is 0 Å². The van der Waals surface area contributed by atoms with Crippen LogP contribution in [0.4, 0.5) is 4.79 Å². The summed E-state index contributed by atoms with van der Waals surface area (Å²) in [7, 11) is 0. The van der Waals surface area contributed by atoms with Crippen molar-refractivity contribution in [1.82, 2.24) is 10.2 Å². The predicted octanol–water partition coefficient (Wildman–Crippen LogP) is 2.56. The van der Waals surface area contributed by atoms with Gasteiger partial charge in [0.1, 0.15) is 6.61 Å². The number of nitrogens with one attached hydrogen (secondary N) is 1. The molecule has 0 bridgehead atoms. The summed E-state index contributed by atoms with van der Waals surface area (Å²) in [5.74, 6) is 0.636. The molecule has 2 amide bonds. The molecule has 2 aliphatic rings. The Kier molecular flexibility index (Phi) is 4.55. The molecule has 1 atom stereocenters. The van der Waals surface area contributed by atoms with Crippen molar-refractivity contribution < 1.29 is 14.3 Å². The Morgan fingerprint density at radius 2 is 2.00 bits per heavy atom. The average molecular weight is 316 g/mol. The highest BCUT2D eigenvalue weighted by Gasteiger charge is 2.42. The summed E-state index contributed by atoms with van der Waals surface area (Å²) in [4.78, 5) is 25.5. The fraction of sp³-hybridized carbons (Fsp3) is 0.556. The van der Waals surface area contributed by atoms with Crippen molar-refractivity contribution in [2.45, 2.75) is 32.8 Å². The summed E-state index contributed by atoms with van der Waals surface area (Å²) in [5, 5.41) is 2.94. The van der Waals surface area contributed by atoms with Crippen molar-refractivity contribution in [3.8, 4) is 0 Å². The van der Waals surface area contributed by atoms with Crippen LogP contribution in [0.15, 0.2) is 30.3 Å². The van der Waals surface area contributed by atoms with E-state index in [-0.39, 0.29) is 17.4 Å². The molecule has 5 heteroatoms. The van der Waals surface area contributed by atoms with Gasteiger partial charge in [-0.2, -0.15) is 0 Å². The zero-order valence-corrected chi connectivity index (χ0v) is 13.6. The zero-order valence-electron chi connectivity index (χ0n) is 13.6. The van der Waals surface area contributed by atoms with Gasteiger partial charge in [-0.05, 0) is 29.7 Å². The Morgan fingerprint density at radius 1 is 1.30 bits per heavy atom. The van der Waals surface area contributed by atoms with Crippen LogP contribution in [0.5, 0.6) is 0 Å². The van der Waals surface area contributed by atoms with Crippen LogP contribution in [0.25, 0.3) is 0 Å². The lowest BCUT2D eigenvalue weighted by atomic mass is 9.71.